The summed E-state index contributed by atoms with van der Waals surface area (Å²) >= 11 is 0. The summed E-state index contributed by atoms with van der Waals surface area (Å²) in [7, 11) is 1.43. The lowest BCUT2D eigenvalue weighted by Gasteiger charge is -2.05. The number of nitrogens with zero attached hydrogens (tertiary/aromatic N) is 1. The number of hydrazone groups is 1. The summed E-state index contributed by atoms with van der Waals surface area (Å²) in [6, 6.07) is 4.97. The summed E-state index contributed by atoms with van der Waals surface area (Å²) in [6.45, 7) is 0. The van der Waals surface area contributed by atoms with Crippen molar-refractivity contribution in [2.45, 2.75) is 18.9 Å². The van der Waals surface area contributed by atoms with Gasteiger partial charge in [0.25, 0.3) is 0 Å². The van der Waals surface area contributed by atoms with Crippen molar-refractivity contribution in [2.24, 2.45) is 5.10 Å². The zero-order valence-corrected chi connectivity index (χ0v) is 10.9. The molecule has 1 saturated carbocycles. The lowest BCUT2D eigenvalue weighted by Crippen LogP contribution is -2.38. The molecule has 7 heteroatoms. The summed E-state index contributed by atoms with van der Waals surface area (Å²) in [5.41, 5.74) is 2.46. The standard InChI is InChI=1S/C13H15N3O4/c1-20-10-4-2-3-8(11(10)17)7-14-16-13(19)12(18)15-9-5-6-9/h2-4,7,9,17H,5-6H2,1H3,(H,15,18)(H,16,19)/b14-7+. The molecule has 0 aliphatic heterocycles. The molecule has 2 amide bonds. The topological polar surface area (TPSA) is 100 Å². The van der Waals surface area contributed by atoms with Gasteiger partial charge in [0, 0.05) is 11.6 Å². The second kappa shape index (κ2) is 6.05. The molecule has 106 valence electrons. The van der Waals surface area contributed by atoms with Gasteiger partial charge in [-0.2, -0.15) is 5.10 Å². The van der Waals surface area contributed by atoms with Gasteiger partial charge in [0.1, 0.15) is 0 Å². The molecule has 1 fully saturated rings. The molecule has 1 aliphatic rings. The summed E-state index contributed by atoms with van der Waals surface area (Å²) in [5.74, 6) is -1.34. The molecule has 7 nitrogen and oxygen atoms in total. The van der Waals surface area contributed by atoms with Gasteiger partial charge >= 0.3 is 11.8 Å². The van der Waals surface area contributed by atoms with E-state index in [4.69, 9.17) is 4.74 Å². The van der Waals surface area contributed by atoms with Crippen molar-refractivity contribution in [1.29, 1.82) is 0 Å². The van der Waals surface area contributed by atoms with Crippen LogP contribution >= 0.6 is 0 Å². The first-order valence-electron chi connectivity index (χ1n) is 6.11. The fourth-order valence-corrected chi connectivity index (χ4v) is 1.50. The lowest BCUT2D eigenvalue weighted by molar-refractivity contribution is -0.139. The van der Waals surface area contributed by atoms with Gasteiger partial charge in [-0.05, 0) is 25.0 Å². The van der Waals surface area contributed by atoms with Gasteiger partial charge in [-0.1, -0.05) is 6.07 Å². The number of amides is 2. The van der Waals surface area contributed by atoms with Gasteiger partial charge in [-0.15, -0.1) is 0 Å². The molecule has 3 N–H and O–H groups in total. The van der Waals surface area contributed by atoms with Crippen LogP contribution in [-0.4, -0.2) is 36.3 Å². The highest BCUT2D eigenvalue weighted by Crippen LogP contribution is 2.27. The van der Waals surface area contributed by atoms with E-state index in [-0.39, 0.29) is 11.8 Å². The molecule has 0 unspecified atom stereocenters. The van der Waals surface area contributed by atoms with E-state index in [0.29, 0.717) is 11.3 Å². The Morgan fingerprint density at radius 3 is 2.80 bits per heavy atom. The Morgan fingerprint density at radius 2 is 2.15 bits per heavy atom. The molecule has 1 aliphatic carbocycles. The van der Waals surface area contributed by atoms with E-state index >= 15 is 0 Å². The normalized spacial score (nSPS) is 14.1. The molecule has 0 bridgehead atoms. The molecular weight excluding hydrogens is 262 g/mol. The van der Waals surface area contributed by atoms with Crippen molar-refractivity contribution in [3.63, 3.8) is 0 Å². The molecule has 0 heterocycles. The third-order valence-electron chi connectivity index (χ3n) is 2.74. The van der Waals surface area contributed by atoms with Crippen molar-refractivity contribution in [2.75, 3.05) is 7.11 Å². The van der Waals surface area contributed by atoms with Crippen LogP contribution in [0.3, 0.4) is 0 Å². The van der Waals surface area contributed by atoms with Crippen molar-refractivity contribution in [1.82, 2.24) is 10.7 Å². The maximum Gasteiger partial charge on any atom is 0.329 e. The van der Waals surface area contributed by atoms with Crippen molar-refractivity contribution >= 4 is 18.0 Å². The highest BCUT2D eigenvalue weighted by Gasteiger charge is 2.26. The molecule has 20 heavy (non-hydrogen) atoms. The molecule has 0 aromatic heterocycles. The number of methoxy groups -OCH3 is 1. The van der Waals surface area contributed by atoms with Crippen molar-refractivity contribution in [3.8, 4) is 11.5 Å². The first-order chi connectivity index (χ1) is 9.61. The van der Waals surface area contributed by atoms with E-state index in [0.717, 1.165) is 12.8 Å². The summed E-state index contributed by atoms with van der Waals surface area (Å²) < 4.78 is 4.94. The SMILES string of the molecule is COc1cccc(/C=N/NC(=O)C(=O)NC2CC2)c1O. The Kier molecular flexibility index (Phi) is 4.19. The largest absolute Gasteiger partial charge is 0.504 e. The third kappa shape index (κ3) is 3.47. The molecule has 0 atom stereocenters. The molecular formula is C13H15N3O4. The Hall–Kier alpha value is -2.57. The smallest absolute Gasteiger partial charge is 0.329 e. The predicted molar refractivity (Wildman–Crippen MR) is 71.6 cm³/mol. The van der Waals surface area contributed by atoms with Crippen LogP contribution in [0.1, 0.15) is 18.4 Å². The van der Waals surface area contributed by atoms with E-state index in [1.165, 1.54) is 13.3 Å². The van der Waals surface area contributed by atoms with E-state index in [2.05, 4.69) is 15.8 Å². The van der Waals surface area contributed by atoms with Crippen LogP contribution in [0.5, 0.6) is 11.5 Å². The molecule has 1 aromatic carbocycles. The van der Waals surface area contributed by atoms with Gasteiger partial charge in [0.2, 0.25) is 0 Å². The zero-order valence-electron chi connectivity index (χ0n) is 10.9. The van der Waals surface area contributed by atoms with Gasteiger partial charge in [-0.3, -0.25) is 9.59 Å². The number of rotatable bonds is 4. The number of hydrogen-bond donors (Lipinski definition) is 3. The quantitative estimate of drug-likeness (QED) is 0.414. The maximum atomic E-state index is 11.4. The minimum Gasteiger partial charge on any atom is -0.504 e. The number of benzene rings is 1. The third-order valence-corrected chi connectivity index (χ3v) is 2.74. The van der Waals surface area contributed by atoms with Crippen LogP contribution in [-0.2, 0) is 9.59 Å². The van der Waals surface area contributed by atoms with Crippen LogP contribution in [0.4, 0.5) is 0 Å². The monoisotopic (exact) mass is 277 g/mol. The van der Waals surface area contributed by atoms with Crippen LogP contribution in [0.15, 0.2) is 23.3 Å². The number of hydrogen-bond acceptors (Lipinski definition) is 5. The van der Waals surface area contributed by atoms with Gasteiger partial charge < -0.3 is 15.2 Å². The molecule has 1 aromatic rings. The average Bonchev–Trinajstić information content (AvgIpc) is 3.24. The van der Waals surface area contributed by atoms with Crippen LogP contribution in [0.2, 0.25) is 0 Å². The fraction of sp³-hybridized carbons (Fsp3) is 0.308. The highest BCUT2D eigenvalue weighted by molar-refractivity contribution is 6.35. The zero-order chi connectivity index (χ0) is 14.5. The number of ether oxygens (including phenoxy) is 1. The van der Waals surface area contributed by atoms with Crippen LogP contribution in [0, 0.1) is 0 Å². The number of para-hydroxylation sites is 1. The summed E-state index contributed by atoms with van der Waals surface area (Å²) in [4.78, 5) is 22.7. The van der Waals surface area contributed by atoms with Gasteiger partial charge in [0.05, 0.1) is 13.3 Å². The molecule has 0 saturated heterocycles. The number of nitrogens with one attached hydrogen (secondary N) is 2. The van der Waals surface area contributed by atoms with E-state index < -0.39 is 11.8 Å². The lowest BCUT2D eigenvalue weighted by atomic mass is 10.2. The Balaban J connectivity index is 1.92. The minimum atomic E-state index is -0.837. The van der Waals surface area contributed by atoms with E-state index in [9.17, 15) is 14.7 Å². The maximum absolute atomic E-state index is 11.4. The van der Waals surface area contributed by atoms with E-state index in [1.54, 1.807) is 18.2 Å². The summed E-state index contributed by atoms with van der Waals surface area (Å²) in [6.07, 6.45) is 3.04. The Labute approximate surface area is 115 Å². The second-order valence-corrected chi connectivity index (χ2v) is 4.34. The van der Waals surface area contributed by atoms with Gasteiger partial charge in [0.15, 0.2) is 11.5 Å². The highest BCUT2D eigenvalue weighted by atomic mass is 16.5. The first kappa shape index (κ1) is 13.9. The second-order valence-electron chi connectivity index (χ2n) is 4.34. The van der Waals surface area contributed by atoms with E-state index in [1.807, 2.05) is 0 Å². The Morgan fingerprint density at radius 1 is 1.40 bits per heavy atom. The number of aromatic hydroxyl groups is 1. The minimum absolute atomic E-state index is 0.0876. The van der Waals surface area contributed by atoms with Crippen LogP contribution in [0.25, 0.3) is 0 Å². The number of carbonyl (C=O) groups excluding carboxylic acids is 2. The first-order valence-corrected chi connectivity index (χ1v) is 6.11. The molecule has 0 radical (unpaired) electrons. The fourth-order valence-electron chi connectivity index (χ4n) is 1.50. The predicted octanol–water partition coefficient (Wildman–Crippen LogP) is 0.129. The Bertz CT molecular complexity index is 553. The number of carbonyl (C=O) groups is 2. The molecule has 2 rings (SSSR count). The average molecular weight is 277 g/mol. The molecule has 0 spiro atoms. The van der Waals surface area contributed by atoms with Crippen molar-refractivity contribution < 1.29 is 19.4 Å². The van der Waals surface area contributed by atoms with Crippen LogP contribution < -0.4 is 15.5 Å². The number of phenolic OH excluding ortho intramolecular Hbond substituents is 1. The number of phenols is 1. The summed E-state index contributed by atoms with van der Waals surface area (Å²) in [5, 5.41) is 15.9. The van der Waals surface area contributed by atoms with Crippen molar-refractivity contribution in [3.05, 3.63) is 23.8 Å². The van der Waals surface area contributed by atoms with Gasteiger partial charge in [-0.25, -0.2) is 5.43 Å².